The summed E-state index contributed by atoms with van der Waals surface area (Å²) in [6.07, 6.45) is 7.32. The van der Waals surface area contributed by atoms with Crippen LogP contribution in [0.3, 0.4) is 0 Å². The van der Waals surface area contributed by atoms with Crippen molar-refractivity contribution in [3.8, 4) is 11.3 Å². The summed E-state index contributed by atoms with van der Waals surface area (Å²) in [5.74, 6) is 0.551. The highest BCUT2D eigenvalue weighted by atomic mass is 16.2. The molecule has 1 aromatic carbocycles. The molecule has 11 nitrogen and oxygen atoms in total. The first-order chi connectivity index (χ1) is 18.8. The van der Waals surface area contributed by atoms with Gasteiger partial charge in [0.15, 0.2) is 5.65 Å². The smallest absolute Gasteiger partial charge is 0.256 e. The van der Waals surface area contributed by atoms with Crippen LogP contribution >= 0.6 is 0 Å². The van der Waals surface area contributed by atoms with Gasteiger partial charge in [0.25, 0.3) is 5.91 Å². The fourth-order valence-electron chi connectivity index (χ4n) is 4.64. The van der Waals surface area contributed by atoms with Gasteiger partial charge < -0.3 is 20.9 Å². The first-order valence-electron chi connectivity index (χ1n) is 12.7. The minimum Gasteiger partial charge on any atom is -0.383 e. The van der Waals surface area contributed by atoms with Gasteiger partial charge >= 0.3 is 0 Å². The Morgan fingerprint density at radius 2 is 1.95 bits per heavy atom. The molecule has 3 aromatic heterocycles. The van der Waals surface area contributed by atoms with E-state index in [-0.39, 0.29) is 17.9 Å². The highest BCUT2D eigenvalue weighted by Crippen LogP contribution is 2.34. The standard InChI is InChI=1S/C28H31N9O2/c1-18-10-12-30-22(15-18)33-28(39)20-8-6-19(7-9-20)25-24-26(29)31-17-32-27(24)37(34-25)21-11-14-36(16-21)23(38)5-4-13-35(2)3/h4-10,12,15,17,21H,11,13-14,16H2,1-3H3,(H2,29,31,32)(H,30,33,39)/b5-4+/t21-/m1/s1. The molecule has 3 N–H and O–H groups in total. The predicted molar refractivity (Wildman–Crippen MR) is 150 cm³/mol. The lowest BCUT2D eigenvalue weighted by Gasteiger charge is -2.15. The van der Waals surface area contributed by atoms with Gasteiger partial charge in [0.2, 0.25) is 5.91 Å². The molecule has 200 valence electrons. The minimum absolute atomic E-state index is 0.0140. The quantitative estimate of drug-likeness (QED) is 0.352. The summed E-state index contributed by atoms with van der Waals surface area (Å²) < 4.78 is 1.85. The van der Waals surface area contributed by atoms with Crippen LogP contribution in [-0.2, 0) is 4.79 Å². The van der Waals surface area contributed by atoms with E-state index < -0.39 is 0 Å². The van der Waals surface area contributed by atoms with Crippen molar-refractivity contribution >= 4 is 34.5 Å². The van der Waals surface area contributed by atoms with E-state index in [0.717, 1.165) is 17.5 Å². The molecule has 1 aliphatic rings. The molecule has 39 heavy (non-hydrogen) atoms. The Morgan fingerprint density at radius 1 is 1.15 bits per heavy atom. The van der Waals surface area contributed by atoms with E-state index in [1.807, 2.05) is 65.8 Å². The number of carbonyl (C=O) groups excluding carboxylic acids is 2. The van der Waals surface area contributed by atoms with Crippen LogP contribution in [0.2, 0.25) is 0 Å². The number of nitrogens with two attached hydrogens (primary N) is 1. The van der Waals surface area contributed by atoms with Crippen LogP contribution in [0.5, 0.6) is 0 Å². The highest BCUT2D eigenvalue weighted by Gasteiger charge is 2.30. The summed E-state index contributed by atoms with van der Waals surface area (Å²) >= 11 is 0. The number of nitrogen functional groups attached to an aromatic ring is 1. The Bertz CT molecular complexity index is 1540. The van der Waals surface area contributed by atoms with Crippen molar-refractivity contribution in [1.82, 2.24) is 34.5 Å². The van der Waals surface area contributed by atoms with Crippen LogP contribution in [0.1, 0.15) is 28.4 Å². The molecule has 0 aliphatic carbocycles. The second-order valence-electron chi connectivity index (χ2n) is 9.89. The maximum atomic E-state index is 12.8. The molecule has 11 heteroatoms. The van der Waals surface area contributed by atoms with Gasteiger partial charge in [-0.3, -0.25) is 9.59 Å². The number of fused-ring (bicyclic) bond motifs is 1. The monoisotopic (exact) mass is 525 g/mol. The summed E-state index contributed by atoms with van der Waals surface area (Å²) in [4.78, 5) is 42.1. The molecule has 1 fully saturated rings. The molecule has 0 spiro atoms. The topological polar surface area (TPSA) is 135 Å². The van der Waals surface area contributed by atoms with Crippen LogP contribution in [0, 0.1) is 6.92 Å². The number of rotatable bonds is 7. The van der Waals surface area contributed by atoms with E-state index in [2.05, 4.69) is 20.3 Å². The van der Waals surface area contributed by atoms with Crippen molar-refractivity contribution in [2.24, 2.45) is 0 Å². The van der Waals surface area contributed by atoms with Gasteiger partial charge in [-0.15, -0.1) is 0 Å². The average Bonchev–Trinajstić information content (AvgIpc) is 3.55. The summed E-state index contributed by atoms with van der Waals surface area (Å²) in [5.41, 5.74) is 9.81. The summed E-state index contributed by atoms with van der Waals surface area (Å²) in [6, 6.07) is 10.8. The Labute approximate surface area is 226 Å². The van der Waals surface area contributed by atoms with E-state index in [1.54, 1.807) is 24.4 Å². The van der Waals surface area contributed by atoms with E-state index in [1.165, 1.54) is 6.33 Å². The summed E-state index contributed by atoms with van der Waals surface area (Å²) in [7, 11) is 3.92. The Hall–Kier alpha value is -4.64. The van der Waals surface area contributed by atoms with E-state index in [0.29, 0.717) is 53.6 Å². The van der Waals surface area contributed by atoms with Gasteiger partial charge in [-0.1, -0.05) is 18.2 Å². The van der Waals surface area contributed by atoms with Crippen molar-refractivity contribution in [2.45, 2.75) is 19.4 Å². The lowest BCUT2D eigenvalue weighted by atomic mass is 10.1. The fraction of sp³-hybridized carbons (Fsp3) is 0.286. The molecule has 4 heterocycles. The van der Waals surface area contributed by atoms with Crippen molar-refractivity contribution < 1.29 is 9.59 Å². The third-order valence-corrected chi connectivity index (χ3v) is 6.65. The minimum atomic E-state index is -0.256. The molecule has 0 unspecified atom stereocenters. The molecule has 1 atom stereocenters. The maximum Gasteiger partial charge on any atom is 0.256 e. The zero-order valence-electron chi connectivity index (χ0n) is 22.2. The lowest BCUT2D eigenvalue weighted by Crippen LogP contribution is -2.28. The zero-order chi connectivity index (χ0) is 27.5. The van der Waals surface area contributed by atoms with Crippen LogP contribution in [0.25, 0.3) is 22.3 Å². The largest absolute Gasteiger partial charge is 0.383 e. The number of aryl methyl sites for hydroxylation is 1. The van der Waals surface area contributed by atoms with E-state index in [4.69, 9.17) is 10.8 Å². The molecule has 0 radical (unpaired) electrons. The third-order valence-electron chi connectivity index (χ3n) is 6.65. The molecule has 5 rings (SSSR count). The number of aromatic nitrogens is 5. The molecule has 1 aliphatic heterocycles. The lowest BCUT2D eigenvalue weighted by molar-refractivity contribution is -0.125. The van der Waals surface area contributed by atoms with Gasteiger partial charge in [-0.2, -0.15) is 5.10 Å². The molecule has 2 amide bonds. The predicted octanol–water partition coefficient (Wildman–Crippen LogP) is 2.92. The van der Waals surface area contributed by atoms with Gasteiger partial charge in [0.05, 0.1) is 11.4 Å². The SMILES string of the molecule is Cc1ccnc(NC(=O)c2ccc(-c3nn([C@@H]4CCN(C(=O)/C=C/CN(C)C)C4)c4ncnc(N)c34)cc2)c1. The number of anilines is 2. The Kier molecular flexibility index (Phi) is 7.33. The van der Waals surface area contributed by atoms with Crippen LogP contribution in [-0.4, -0.2) is 80.1 Å². The first kappa shape index (κ1) is 26.0. The highest BCUT2D eigenvalue weighted by molar-refractivity contribution is 6.04. The van der Waals surface area contributed by atoms with Crippen LogP contribution in [0.4, 0.5) is 11.6 Å². The number of nitrogens with zero attached hydrogens (tertiary/aromatic N) is 7. The zero-order valence-corrected chi connectivity index (χ0v) is 22.2. The average molecular weight is 526 g/mol. The van der Waals surface area contributed by atoms with Crippen molar-refractivity contribution in [3.05, 3.63) is 72.2 Å². The van der Waals surface area contributed by atoms with Gasteiger partial charge in [-0.25, -0.2) is 19.6 Å². The Balaban J connectivity index is 1.38. The molecule has 0 saturated carbocycles. The van der Waals surface area contributed by atoms with Gasteiger partial charge in [0, 0.05) is 43.0 Å². The number of pyridine rings is 1. The molecule has 4 aromatic rings. The molecular weight excluding hydrogens is 494 g/mol. The number of hydrogen-bond donors (Lipinski definition) is 2. The fourth-order valence-corrected chi connectivity index (χ4v) is 4.64. The second kappa shape index (κ2) is 11.0. The number of likely N-dealkylation sites (N-methyl/N-ethyl adjacent to an activating group) is 1. The number of benzene rings is 1. The second-order valence-corrected chi connectivity index (χ2v) is 9.89. The number of likely N-dealkylation sites (tertiary alicyclic amines) is 1. The van der Waals surface area contributed by atoms with E-state index >= 15 is 0 Å². The maximum absolute atomic E-state index is 12.8. The van der Waals surface area contributed by atoms with Crippen molar-refractivity contribution in [1.29, 1.82) is 0 Å². The van der Waals surface area contributed by atoms with Crippen LogP contribution < -0.4 is 11.1 Å². The number of hydrogen-bond acceptors (Lipinski definition) is 8. The van der Waals surface area contributed by atoms with Crippen LogP contribution in [0.15, 0.2) is 61.1 Å². The van der Waals surface area contributed by atoms with Gasteiger partial charge in [-0.05, 0) is 57.3 Å². The van der Waals surface area contributed by atoms with Gasteiger partial charge in [0.1, 0.15) is 23.7 Å². The number of nitrogens with one attached hydrogen (secondary N) is 1. The molecule has 0 bridgehead atoms. The summed E-state index contributed by atoms with van der Waals surface area (Å²) in [5, 5.41) is 8.36. The normalized spacial score (nSPS) is 15.5. The molecular formula is C28H31N9O2. The molecule has 1 saturated heterocycles. The van der Waals surface area contributed by atoms with E-state index in [9.17, 15) is 9.59 Å². The summed E-state index contributed by atoms with van der Waals surface area (Å²) in [6.45, 7) is 3.80. The Morgan fingerprint density at radius 3 is 2.69 bits per heavy atom. The van der Waals surface area contributed by atoms with Crippen molar-refractivity contribution in [2.75, 3.05) is 44.8 Å². The van der Waals surface area contributed by atoms with Crippen molar-refractivity contribution in [3.63, 3.8) is 0 Å². The first-order valence-corrected chi connectivity index (χ1v) is 12.7. The third kappa shape index (κ3) is 5.63. The number of amides is 2. The number of carbonyl (C=O) groups is 2.